The Morgan fingerprint density at radius 1 is 1.02 bits per heavy atom. The lowest BCUT2D eigenvalue weighted by Gasteiger charge is -2.47. The summed E-state index contributed by atoms with van der Waals surface area (Å²) in [6.45, 7) is 5.88. The predicted octanol–water partition coefficient (Wildman–Crippen LogP) is 3.86. The van der Waals surface area contributed by atoms with Crippen molar-refractivity contribution in [1.29, 1.82) is 0 Å². The van der Waals surface area contributed by atoms with Gasteiger partial charge < -0.3 is 34.6 Å². The number of benzene rings is 1. The molecule has 0 spiro atoms. The summed E-state index contributed by atoms with van der Waals surface area (Å²) < 4.78 is 16.6. The Hall–Kier alpha value is -3.01. The van der Waals surface area contributed by atoms with Gasteiger partial charge in [-0.25, -0.2) is 4.79 Å². The van der Waals surface area contributed by atoms with Crippen LogP contribution in [0.25, 0.3) is 0 Å². The van der Waals surface area contributed by atoms with Crippen molar-refractivity contribution in [1.82, 2.24) is 20.4 Å². The molecule has 3 atom stereocenters. The molecular weight excluding hydrogens is 524 g/mol. The van der Waals surface area contributed by atoms with Crippen molar-refractivity contribution >= 4 is 17.8 Å². The number of hydrogen-bond acceptors (Lipinski definition) is 6. The van der Waals surface area contributed by atoms with Crippen LogP contribution in [-0.4, -0.2) is 85.8 Å². The van der Waals surface area contributed by atoms with Gasteiger partial charge in [0.25, 0.3) is 0 Å². The zero-order chi connectivity index (χ0) is 29.4. The van der Waals surface area contributed by atoms with Crippen molar-refractivity contribution in [2.45, 2.75) is 102 Å². The van der Waals surface area contributed by atoms with Gasteiger partial charge >= 0.3 is 6.03 Å². The van der Waals surface area contributed by atoms with Crippen LogP contribution in [0.4, 0.5) is 4.79 Å². The summed E-state index contributed by atoms with van der Waals surface area (Å²) in [5, 5.41) is 6.23. The average molecular weight is 573 g/mol. The van der Waals surface area contributed by atoms with E-state index < -0.39 is 12.1 Å². The fourth-order valence-electron chi connectivity index (χ4n) is 6.28. The highest BCUT2D eigenvalue weighted by Gasteiger charge is 2.44. The van der Waals surface area contributed by atoms with Gasteiger partial charge in [-0.15, -0.1) is 0 Å². The molecule has 2 saturated heterocycles. The van der Waals surface area contributed by atoms with Crippen LogP contribution in [-0.2, 0) is 20.9 Å². The molecule has 1 aliphatic carbocycles. The lowest BCUT2D eigenvalue weighted by Crippen LogP contribution is -2.66. The topological polar surface area (TPSA) is 109 Å². The third-order valence-electron chi connectivity index (χ3n) is 8.38. The maximum absolute atomic E-state index is 14.0. The van der Waals surface area contributed by atoms with Crippen LogP contribution >= 0.6 is 0 Å². The number of nitrogens with zero attached hydrogens (tertiary/aromatic N) is 2. The summed E-state index contributed by atoms with van der Waals surface area (Å²) in [4.78, 5) is 44.6. The van der Waals surface area contributed by atoms with E-state index >= 15 is 0 Å². The normalized spacial score (nSPS) is 23.5. The van der Waals surface area contributed by atoms with E-state index in [1.165, 1.54) is 6.42 Å². The summed E-state index contributed by atoms with van der Waals surface area (Å²) in [6, 6.07) is 4.31. The number of methoxy groups -OCH3 is 2. The zero-order valence-electron chi connectivity index (χ0n) is 25.2. The Bertz CT molecular complexity index is 1020. The summed E-state index contributed by atoms with van der Waals surface area (Å²) >= 11 is 0. The lowest BCUT2D eigenvalue weighted by atomic mass is 9.93. The number of amides is 4. The first-order valence-corrected chi connectivity index (χ1v) is 15.2. The van der Waals surface area contributed by atoms with Crippen LogP contribution in [0.15, 0.2) is 18.2 Å². The molecule has 2 aliphatic heterocycles. The Morgan fingerprint density at radius 2 is 1.73 bits per heavy atom. The molecule has 0 bridgehead atoms. The van der Waals surface area contributed by atoms with Gasteiger partial charge in [0.05, 0.1) is 26.4 Å². The van der Waals surface area contributed by atoms with Crippen molar-refractivity contribution in [3.63, 3.8) is 0 Å². The van der Waals surface area contributed by atoms with Gasteiger partial charge in [-0.3, -0.25) is 9.59 Å². The molecule has 2 N–H and O–H groups in total. The second-order valence-electron chi connectivity index (χ2n) is 12.1. The van der Waals surface area contributed by atoms with Crippen molar-refractivity contribution in [3.8, 4) is 11.5 Å². The van der Waals surface area contributed by atoms with Crippen molar-refractivity contribution in [2.75, 3.05) is 33.9 Å². The fourth-order valence-corrected chi connectivity index (χ4v) is 6.28. The summed E-state index contributed by atoms with van der Waals surface area (Å²) in [7, 11) is 3.19. The standard InChI is InChI=1S/C31H48N4O6/c1-21(2)13-28-30(37)34(19-22-14-26(39-3)17-27(15-22)40-4)20-24(16-29(36)32-18-25-11-8-12-41-25)35(28)31(38)33-23-9-6-5-7-10-23/h14-15,17,21,23-25,28H,5-13,16,18-20H2,1-4H3,(H,32,36)(H,33,38)/t24-,25?,28-/m1/s1. The molecule has 10 nitrogen and oxygen atoms in total. The number of hydrogen-bond donors (Lipinski definition) is 2. The molecule has 4 rings (SSSR count). The molecule has 1 saturated carbocycles. The first kappa shape index (κ1) is 30.9. The molecule has 0 radical (unpaired) electrons. The van der Waals surface area contributed by atoms with E-state index in [1.54, 1.807) is 30.1 Å². The van der Waals surface area contributed by atoms with E-state index in [4.69, 9.17) is 14.2 Å². The number of piperazine rings is 1. The maximum atomic E-state index is 14.0. The smallest absolute Gasteiger partial charge is 0.318 e. The highest BCUT2D eigenvalue weighted by Crippen LogP contribution is 2.29. The van der Waals surface area contributed by atoms with Crippen molar-refractivity contribution in [3.05, 3.63) is 23.8 Å². The van der Waals surface area contributed by atoms with E-state index in [0.29, 0.717) is 31.0 Å². The molecule has 1 aromatic carbocycles. The first-order valence-electron chi connectivity index (χ1n) is 15.2. The highest BCUT2D eigenvalue weighted by molar-refractivity contribution is 5.89. The zero-order valence-corrected chi connectivity index (χ0v) is 25.2. The van der Waals surface area contributed by atoms with Gasteiger partial charge in [0.1, 0.15) is 17.5 Å². The minimum absolute atomic E-state index is 0.0332. The molecule has 4 amide bonds. The first-order chi connectivity index (χ1) is 19.8. The number of rotatable bonds is 11. The number of urea groups is 1. The van der Waals surface area contributed by atoms with Crippen molar-refractivity contribution in [2.24, 2.45) is 5.92 Å². The van der Waals surface area contributed by atoms with Crippen LogP contribution in [0.3, 0.4) is 0 Å². The van der Waals surface area contributed by atoms with Gasteiger partial charge in [0, 0.05) is 44.8 Å². The van der Waals surface area contributed by atoms with E-state index in [0.717, 1.165) is 50.7 Å². The molecule has 10 heteroatoms. The van der Waals surface area contributed by atoms with Crippen LogP contribution in [0, 0.1) is 5.92 Å². The molecule has 2 heterocycles. The Morgan fingerprint density at radius 3 is 2.34 bits per heavy atom. The second-order valence-corrected chi connectivity index (χ2v) is 12.1. The number of carbonyl (C=O) groups excluding carboxylic acids is 3. The summed E-state index contributed by atoms with van der Waals surface area (Å²) in [5.41, 5.74) is 0.861. The molecule has 3 aliphatic rings. The van der Waals surface area contributed by atoms with Crippen LogP contribution in [0.1, 0.15) is 77.2 Å². The van der Waals surface area contributed by atoms with E-state index in [9.17, 15) is 14.4 Å². The van der Waals surface area contributed by atoms with Gasteiger partial charge in [-0.05, 0) is 55.7 Å². The maximum Gasteiger partial charge on any atom is 0.318 e. The minimum atomic E-state index is -0.657. The van der Waals surface area contributed by atoms with Gasteiger partial charge in [-0.1, -0.05) is 33.1 Å². The Labute approximate surface area is 244 Å². The molecule has 228 valence electrons. The highest BCUT2D eigenvalue weighted by atomic mass is 16.5. The third-order valence-corrected chi connectivity index (χ3v) is 8.38. The molecule has 1 unspecified atom stereocenters. The minimum Gasteiger partial charge on any atom is -0.497 e. The predicted molar refractivity (Wildman–Crippen MR) is 156 cm³/mol. The van der Waals surface area contributed by atoms with E-state index in [2.05, 4.69) is 24.5 Å². The third kappa shape index (κ3) is 8.50. The quantitative estimate of drug-likeness (QED) is 0.417. The molecule has 41 heavy (non-hydrogen) atoms. The van der Waals surface area contributed by atoms with Gasteiger partial charge in [0.2, 0.25) is 11.8 Å². The molecular formula is C31H48N4O6. The van der Waals surface area contributed by atoms with Crippen LogP contribution in [0.5, 0.6) is 11.5 Å². The summed E-state index contributed by atoms with van der Waals surface area (Å²) in [6.07, 6.45) is 7.85. The van der Waals surface area contributed by atoms with Crippen LogP contribution in [0.2, 0.25) is 0 Å². The number of carbonyl (C=O) groups is 3. The number of nitrogens with one attached hydrogen (secondary N) is 2. The molecule has 3 fully saturated rings. The SMILES string of the molecule is COc1cc(CN2C[C@@H](CC(=O)NCC3CCCO3)N(C(=O)NC3CCCCC3)[C@H](CC(C)C)C2=O)cc(OC)c1. The summed E-state index contributed by atoms with van der Waals surface area (Å²) in [5.74, 6) is 1.22. The van der Waals surface area contributed by atoms with Crippen molar-refractivity contribution < 1.29 is 28.6 Å². The van der Waals surface area contributed by atoms with Gasteiger partial charge in [0.15, 0.2) is 0 Å². The fraction of sp³-hybridized carbons (Fsp3) is 0.710. The van der Waals surface area contributed by atoms with E-state index in [1.807, 2.05) is 12.1 Å². The van der Waals surface area contributed by atoms with Crippen LogP contribution < -0.4 is 20.1 Å². The Kier molecular flexibility index (Phi) is 11.1. The Balaban J connectivity index is 1.58. The molecule has 0 aromatic heterocycles. The largest absolute Gasteiger partial charge is 0.497 e. The lowest BCUT2D eigenvalue weighted by molar-refractivity contribution is -0.145. The second kappa shape index (κ2) is 14.8. The monoisotopic (exact) mass is 572 g/mol. The number of ether oxygens (including phenoxy) is 3. The van der Waals surface area contributed by atoms with E-state index in [-0.39, 0.29) is 48.9 Å². The average Bonchev–Trinajstić information content (AvgIpc) is 3.48. The molecule has 1 aromatic rings. The van der Waals surface area contributed by atoms with Gasteiger partial charge in [-0.2, -0.15) is 0 Å².